The molecule has 78 valence electrons. The van der Waals surface area contributed by atoms with Crippen molar-refractivity contribution in [2.24, 2.45) is 11.1 Å². The molecule has 13 heavy (non-hydrogen) atoms. The Kier molecular flexibility index (Phi) is 4.16. The Hall–Kier alpha value is -0.120. The topological polar surface area (TPSA) is 44.5 Å². The summed E-state index contributed by atoms with van der Waals surface area (Å²) in [5.74, 6) is 0. The molecule has 2 unspecified atom stereocenters. The lowest BCUT2D eigenvalue weighted by Gasteiger charge is -2.39. The molecule has 0 aromatic carbocycles. The van der Waals surface area contributed by atoms with Gasteiger partial charge in [0.1, 0.15) is 0 Å². The molecule has 0 saturated carbocycles. The van der Waals surface area contributed by atoms with Gasteiger partial charge in [-0.15, -0.1) is 0 Å². The van der Waals surface area contributed by atoms with E-state index in [4.69, 9.17) is 15.2 Å². The van der Waals surface area contributed by atoms with Crippen LogP contribution in [-0.4, -0.2) is 33.0 Å². The minimum Gasteiger partial charge on any atom is -0.384 e. The Bertz CT molecular complexity index is 148. The van der Waals surface area contributed by atoms with Gasteiger partial charge in [-0.3, -0.25) is 0 Å². The van der Waals surface area contributed by atoms with Crippen molar-refractivity contribution in [3.63, 3.8) is 0 Å². The van der Waals surface area contributed by atoms with Gasteiger partial charge in [0.2, 0.25) is 0 Å². The molecule has 0 bridgehead atoms. The van der Waals surface area contributed by atoms with Crippen molar-refractivity contribution >= 4 is 0 Å². The summed E-state index contributed by atoms with van der Waals surface area (Å²) in [6.07, 6.45) is 3.54. The third-order valence-electron chi connectivity index (χ3n) is 2.99. The van der Waals surface area contributed by atoms with E-state index in [1.54, 1.807) is 7.11 Å². The summed E-state index contributed by atoms with van der Waals surface area (Å²) in [5.41, 5.74) is 5.98. The summed E-state index contributed by atoms with van der Waals surface area (Å²) in [7, 11) is 1.74. The summed E-state index contributed by atoms with van der Waals surface area (Å²) >= 11 is 0. The Morgan fingerprint density at radius 2 is 2.38 bits per heavy atom. The SMILES string of the molecule is CCC1CC(CN)(COC)CCO1. The van der Waals surface area contributed by atoms with Crippen LogP contribution in [0.1, 0.15) is 26.2 Å². The minimum absolute atomic E-state index is 0.174. The van der Waals surface area contributed by atoms with Crippen LogP contribution in [0.4, 0.5) is 0 Å². The van der Waals surface area contributed by atoms with Crippen LogP contribution in [0.5, 0.6) is 0 Å². The van der Waals surface area contributed by atoms with Gasteiger partial charge >= 0.3 is 0 Å². The van der Waals surface area contributed by atoms with Crippen LogP contribution in [0.25, 0.3) is 0 Å². The first-order chi connectivity index (χ1) is 6.26. The summed E-state index contributed by atoms with van der Waals surface area (Å²) < 4.78 is 10.9. The number of nitrogens with two attached hydrogens (primary N) is 1. The molecule has 1 heterocycles. The first kappa shape index (κ1) is 11.0. The molecule has 1 fully saturated rings. The lowest BCUT2D eigenvalue weighted by molar-refractivity contribution is -0.0714. The highest BCUT2D eigenvalue weighted by Crippen LogP contribution is 2.33. The van der Waals surface area contributed by atoms with Gasteiger partial charge in [-0.2, -0.15) is 0 Å². The van der Waals surface area contributed by atoms with Crippen LogP contribution in [0.3, 0.4) is 0 Å². The normalized spacial score (nSPS) is 34.8. The second kappa shape index (κ2) is 4.94. The molecule has 0 aliphatic carbocycles. The molecule has 0 radical (unpaired) electrons. The van der Waals surface area contributed by atoms with Crippen molar-refractivity contribution in [1.29, 1.82) is 0 Å². The van der Waals surface area contributed by atoms with Gasteiger partial charge in [0.05, 0.1) is 12.7 Å². The zero-order valence-electron chi connectivity index (χ0n) is 8.71. The fraction of sp³-hybridized carbons (Fsp3) is 1.00. The Balaban J connectivity index is 2.53. The molecule has 1 aliphatic heterocycles. The molecule has 2 atom stereocenters. The third kappa shape index (κ3) is 2.66. The molecule has 0 aromatic rings. The zero-order valence-corrected chi connectivity index (χ0v) is 8.71. The smallest absolute Gasteiger partial charge is 0.0579 e. The van der Waals surface area contributed by atoms with E-state index in [1.165, 1.54) is 0 Å². The van der Waals surface area contributed by atoms with Gasteiger partial charge in [0.25, 0.3) is 0 Å². The van der Waals surface area contributed by atoms with Crippen LogP contribution in [0, 0.1) is 5.41 Å². The molecule has 2 N–H and O–H groups in total. The van der Waals surface area contributed by atoms with E-state index < -0.39 is 0 Å². The van der Waals surface area contributed by atoms with Crippen molar-refractivity contribution in [1.82, 2.24) is 0 Å². The summed E-state index contributed by atoms with van der Waals surface area (Å²) in [6.45, 7) is 4.47. The van der Waals surface area contributed by atoms with E-state index >= 15 is 0 Å². The molecule has 1 rings (SSSR count). The molecule has 0 spiro atoms. The van der Waals surface area contributed by atoms with Gasteiger partial charge in [0.15, 0.2) is 0 Å². The number of rotatable bonds is 4. The van der Waals surface area contributed by atoms with Crippen molar-refractivity contribution in [3.8, 4) is 0 Å². The van der Waals surface area contributed by atoms with Crippen LogP contribution >= 0.6 is 0 Å². The number of hydrogen-bond donors (Lipinski definition) is 1. The van der Waals surface area contributed by atoms with E-state index in [0.717, 1.165) is 32.5 Å². The van der Waals surface area contributed by atoms with Crippen molar-refractivity contribution < 1.29 is 9.47 Å². The number of methoxy groups -OCH3 is 1. The van der Waals surface area contributed by atoms with E-state index in [-0.39, 0.29) is 5.41 Å². The van der Waals surface area contributed by atoms with E-state index in [2.05, 4.69) is 6.92 Å². The molecule has 0 aromatic heterocycles. The van der Waals surface area contributed by atoms with Crippen LogP contribution in [0.15, 0.2) is 0 Å². The predicted octanol–water partition coefficient (Wildman–Crippen LogP) is 1.17. The lowest BCUT2D eigenvalue weighted by atomic mass is 9.78. The predicted molar refractivity (Wildman–Crippen MR) is 52.6 cm³/mol. The van der Waals surface area contributed by atoms with Crippen molar-refractivity contribution in [3.05, 3.63) is 0 Å². The average Bonchev–Trinajstić information content (AvgIpc) is 2.19. The molecule has 1 saturated heterocycles. The fourth-order valence-corrected chi connectivity index (χ4v) is 2.03. The highest BCUT2D eigenvalue weighted by molar-refractivity contribution is 4.86. The average molecular weight is 187 g/mol. The molecular weight excluding hydrogens is 166 g/mol. The van der Waals surface area contributed by atoms with Gasteiger partial charge in [-0.25, -0.2) is 0 Å². The van der Waals surface area contributed by atoms with Crippen LogP contribution < -0.4 is 5.73 Å². The third-order valence-corrected chi connectivity index (χ3v) is 2.99. The highest BCUT2D eigenvalue weighted by atomic mass is 16.5. The largest absolute Gasteiger partial charge is 0.384 e. The maximum absolute atomic E-state index is 5.81. The number of ether oxygens (including phenoxy) is 2. The van der Waals surface area contributed by atoms with E-state index in [1.807, 2.05) is 0 Å². The first-order valence-electron chi connectivity index (χ1n) is 5.07. The maximum Gasteiger partial charge on any atom is 0.0579 e. The fourth-order valence-electron chi connectivity index (χ4n) is 2.03. The van der Waals surface area contributed by atoms with E-state index in [0.29, 0.717) is 12.6 Å². The summed E-state index contributed by atoms with van der Waals surface area (Å²) in [6, 6.07) is 0. The molecule has 3 nitrogen and oxygen atoms in total. The molecule has 0 amide bonds. The van der Waals surface area contributed by atoms with Gasteiger partial charge in [-0.05, 0) is 19.3 Å². The summed E-state index contributed by atoms with van der Waals surface area (Å²) in [5, 5.41) is 0. The molecule has 1 aliphatic rings. The second-order valence-electron chi connectivity index (χ2n) is 3.99. The summed E-state index contributed by atoms with van der Waals surface area (Å²) in [4.78, 5) is 0. The van der Waals surface area contributed by atoms with Crippen LogP contribution in [-0.2, 0) is 9.47 Å². The van der Waals surface area contributed by atoms with Gasteiger partial charge in [0, 0.05) is 25.7 Å². The minimum atomic E-state index is 0.174. The monoisotopic (exact) mass is 187 g/mol. The van der Waals surface area contributed by atoms with Gasteiger partial charge < -0.3 is 15.2 Å². The van der Waals surface area contributed by atoms with Crippen LogP contribution in [0.2, 0.25) is 0 Å². The Morgan fingerprint density at radius 1 is 1.62 bits per heavy atom. The number of hydrogen-bond acceptors (Lipinski definition) is 3. The maximum atomic E-state index is 5.81. The highest BCUT2D eigenvalue weighted by Gasteiger charge is 2.35. The zero-order chi connectivity index (χ0) is 9.73. The Labute approximate surface area is 80.6 Å². The second-order valence-corrected chi connectivity index (χ2v) is 3.99. The Morgan fingerprint density at radius 3 is 2.92 bits per heavy atom. The quantitative estimate of drug-likeness (QED) is 0.718. The molecule has 3 heteroatoms. The molecular formula is C10H21NO2. The van der Waals surface area contributed by atoms with Gasteiger partial charge in [-0.1, -0.05) is 6.92 Å². The van der Waals surface area contributed by atoms with E-state index in [9.17, 15) is 0 Å². The van der Waals surface area contributed by atoms with Crippen molar-refractivity contribution in [2.45, 2.75) is 32.3 Å². The van der Waals surface area contributed by atoms with Crippen molar-refractivity contribution in [2.75, 3.05) is 26.9 Å². The standard InChI is InChI=1S/C10H21NO2/c1-3-9-6-10(7-11,8-12-2)4-5-13-9/h9H,3-8,11H2,1-2H3. The first-order valence-corrected chi connectivity index (χ1v) is 5.07. The lowest BCUT2D eigenvalue weighted by Crippen LogP contribution is -2.43.